The molecule has 0 spiro atoms. The van der Waals surface area contributed by atoms with Gasteiger partial charge in [-0.05, 0) is 34.8 Å². The molecule has 2 rings (SSSR count). The van der Waals surface area contributed by atoms with Gasteiger partial charge in [0.05, 0.1) is 22.2 Å². The number of hydrogen-bond donors (Lipinski definition) is 2. The molecule has 152 valence electrons. The normalized spacial score (nSPS) is 21.0. The van der Waals surface area contributed by atoms with Crippen LogP contribution in [-0.2, 0) is 6.18 Å². The van der Waals surface area contributed by atoms with E-state index in [0.29, 0.717) is 25.3 Å². The van der Waals surface area contributed by atoms with Gasteiger partial charge in [-0.25, -0.2) is 4.98 Å². The van der Waals surface area contributed by atoms with Gasteiger partial charge in [-0.2, -0.15) is 26.3 Å². The Bertz CT molecular complexity index is 695. The van der Waals surface area contributed by atoms with E-state index >= 15 is 0 Å². The van der Waals surface area contributed by atoms with Crippen molar-refractivity contribution in [3.63, 3.8) is 0 Å². The Morgan fingerprint density at radius 2 is 1.89 bits per heavy atom. The van der Waals surface area contributed by atoms with Crippen molar-refractivity contribution in [3.05, 3.63) is 21.8 Å². The van der Waals surface area contributed by atoms with E-state index in [4.69, 9.17) is 0 Å². The van der Waals surface area contributed by atoms with Crippen molar-refractivity contribution < 1.29 is 41.0 Å². The fraction of sp³-hybridized carbons (Fsp3) is 0.600. The molecule has 12 heteroatoms. The van der Waals surface area contributed by atoms with Crippen LogP contribution in [0.2, 0.25) is 0 Å². The predicted molar refractivity (Wildman–Crippen MR) is 84.2 cm³/mol. The minimum atomic E-state index is -5.10. The van der Waals surface area contributed by atoms with Crippen LogP contribution in [0.25, 0.3) is 0 Å². The Kier molecular flexibility index (Phi) is 6.61. The summed E-state index contributed by atoms with van der Waals surface area (Å²) < 4.78 is 80.4. The van der Waals surface area contributed by atoms with Crippen LogP contribution in [0.1, 0.15) is 41.7 Å². The smallest absolute Gasteiger partial charge is 0.434 e. The molecule has 2 N–H and O–H groups in total. The fourth-order valence-corrected chi connectivity index (χ4v) is 3.07. The van der Waals surface area contributed by atoms with E-state index in [1.165, 1.54) is 0 Å². The zero-order valence-electron chi connectivity index (χ0n) is 13.6. The Labute approximate surface area is 158 Å². The number of ether oxygens (including phenoxy) is 1. The minimum absolute atomic E-state index is 0.339. The van der Waals surface area contributed by atoms with E-state index < -0.39 is 54.1 Å². The van der Waals surface area contributed by atoms with Crippen LogP contribution < -0.4 is 10.1 Å². The highest BCUT2D eigenvalue weighted by molar-refractivity contribution is 9.10. The molecule has 1 aromatic heterocycles. The molecule has 0 radical (unpaired) electrons. The van der Waals surface area contributed by atoms with Gasteiger partial charge in [-0.15, -0.1) is 0 Å². The van der Waals surface area contributed by atoms with Crippen molar-refractivity contribution in [1.82, 2.24) is 10.3 Å². The monoisotopic (exact) mass is 464 g/mol. The average molecular weight is 465 g/mol. The van der Waals surface area contributed by atoms with Crippen molar-refractivity contribution in [1.29, 1.82) is 0 Å². The molecule has 0 saturated heterocycles. The van der Waals surface area contributed by atoms with Gasteiger partial charge in [-0.1, -0.05) is 12.8 Å². The molecule has 27 heavy (non-hydrogen) atoms. The number of hydrogen-bond acceptors (Lipinski definition) is 4. The summed E-state index contributed by atoms with van der Waals surface area (Å²) in [6.07, 6.45) is -8.52. The maximum absolute atomic E-state index is 13.3. The van der Waals surface area contributed by atoms with Gasteiger partial charge in [0.1, 0.15) is 0 Å². The number of carbonyl (C=O) groups is 1. The molecule has 1 aliphatic carbocycles. The molecule has 1 heterocycles. The predicted octanol–water partition coefficient (Wildman–Crippen LogP) is 3.84. The number of alkyl halides is 6. The Balaban J connectivity index is 2.31. The lowest BCUT2D eigenvalue weighted by atomic mass is 9.92. The van der Waals surface area contributed by atoms with Gasteiger partial charge in [-0.3, -0.25) is 4.79 Å². The summed E-state index contributed by atoms with van der Waals surface area (Å²) >= 11 is 2.77. The molecule has 1 aliphatic rings. The lowest BCUT2D eigenvalue weighted by Crippen LogP contribution is -2.45. The van der Waals surface area contributed by atoms with Crippen molar-refractivity contribution in [3.8, 4) is 5.88 Å². The quantitative estimate of drug-likeness (QED) is 0.664. The van der Waals surface area contributed by atoms with Gasteiger partial charge < -0.3 is 15.2 Å². The van der Waals surface area contributed by atoms with Crippen LogP contribution in [0.4, 0.5) is 26.3 Å². The largest absolute Gasteiger partial charge is 0.467 e. The maximum Gasteiger partial charge on any atom is 0.434 e. The van der Waals surface area contributed by atoms with Crippen LogP contribution in [0.15, 0.2) is 10.5 Å². The van der Waals surface area contributed by atoms with Crippen LogP contribution >= 0.6 is 15.9 Å². The zero-order chi connectivity index (χ0) is 20.4. The number of nitrogens with one attached hydrogen (secondary N) is 1. The lowest BCUT2D eigenvalue weighted by Gasteiger charge is -2.28. The molecule has 2 atom stereocenters. The highest BCUT2D eigenvalue weighted by Crippen LogP contribution is 2.36. The molecular formula is C15H15BrF6N2O3. The number of aliphatic hydroxyl groups is 1. The molecule has 0 aromatic carbocycles. The molecule has 1 aromatic rings. The fourth-order valence-electron chi connectivity index (χ4n) is 2.64. The van der Waals surface area contributed by atoms with E-state index in [1.807, 2.05) is 0 Å². The van der Waals surface area contributed by atoms with Crippen LogP contribution in [0, 0.1) is 0 Å². The Morgan fingerprint density at radius 1 is 1.26 bits per heavy atom. The number of nitrogens with zero attached hydrogens (tertiary/aromatic N) is 1. The third kappa shape index (κ3) is 5.96. The molecule has 1 amide bonds. The summed E-state index contributed by atoms with van der Waals surface area (Å²) in [4.78, 5) is 15.4. The Hall–Kier alpha value is -1.56. The number of carbonyl (C=O) groups excluding carboxylic acids is 1. The summed E-state index contributed by atoms with van der Waals surface area (Å²) in [5.41, 5.74) is -2.56. The van der Waals surface area contributed by atoms with Gasteiger partial charge in [0.25, 0.3) is 5.91 Å². The summed E-state index contributed by atoms with van der Waals surface area (Å²) in [7, 11) is 0. The Morgan fingerprint density at radius 3 is 2.44 bits per heavy atom. The van der Waals surface area contributed by atoms with Crippen molar-refractivity contribution in [2.75, 3.05) is 6.61 Å². The third-order valence-electron chi connectivity index (χ3n) is 3.88. The second-order valence-electron chi connectivity index (χ2n) is 6.00. The highest BCUT2D eigenvalue weighted by Gasteiger charge is 2.40. The van der Waals surface area contributed by atoms with Gasteiger partial charge in [0.15, 0.2) is 12.3 Å². The van der Waals surface area contributed by atoms with E-state index in [2.05, 4.69) is 31.0 Å². The van der Waals surface area contributed by atoms with Crippen molar-refractivity contribution in [2.45, 2.75) is 50.2 Å². The van der Waals surface area contributed by atoms with Gasteiger partial charge >= 0.3 is 12.4 Å². The first kappa shape index (κ1) is 21.7. The summed E-state index contributed by atoms with van der Waals surface area (Å²) in [6.45, 7) is -1.84. The zero-order valence-corrected chi connectivity index (χ0v) is 15.2. The second kappa shape index (κ2) is 8.21. The first-order valence-electron chi connectivity index (χ1n) is 7.84. The summed E-state index contributed by atoms with van der Waals surface area (Å²) in [6, 6.07) is -0.0150. The lowest BCUT2D eigenvalue weighted by molar-refractivity contribution is -0.155. The minimum Gasteiger partial charge on any atom is -0.467 e. The highest BCUT2D eigenvalue weighted by atomic mass is 79.9. The number of rotatable bonds is 4. The molecule has 0 unspecified atom stereocenters. The standard InChI is InChI=1S/C15H15BrF6N2O3/c16-8-5-7(12(26)23-9-3-1-2-4-10(9)25)11(15(20,21)22)24-13(8)27-6-14(17,18)19/h5,9-10,25H,1-4,6H2,(H,23,26)/t9-,10+/m1/s1. The van der Waals surface area contributed by atoms with Crippen molar-refractivity contribution >= 4 is 21.8 Å². The molecule has 0 bridgehead atoms. The summed E-state index contributed by atoms with van der Waals surface area (Å²) in [5.74, 6) is -2.07. The molecule has 0 aliphatic heterocycles. The summed E-state index contributed by atoms with van der Waals surface area (Å²) in [5, 5.41) is 12.2. The van der Waals surface area contributed by atoms with E-state index in [-0.39, 0.29) is 4.47 Å². The number of pyridine rings is 1. The van der Waals surface area contributed by atoms with Gasteiger partial charge in [0.2, 0.25) is 5.88 Å². The number of aliphatic hydroxyl groups excluding tert-OH is 1. The average Bonchev–Trinajstić information content (AvgIpc) is 2.53. The first-order chi connectivity index (χ1) is 12.4. The molecule has 1 fully saturated rings. The van der Waals surface area contributed by atoms with Crippen molar-refractivity contribution in [2.24, 2.45) is 0 Å². The van der Waals surface area contributed by atoms with E-state index in [0.717, 1.165) is 6.42 Å². The van der Waals surface area contributed by atoms with Gasteiger partial charge in [0, 0.05) is 0 Å². The second-order valence-corrected chi connectivity index (χ2v) is 6.86. The topological polar surface area (TPSA) is 71.5 Å². The van der Waals surface area contributed by atoms with Crippen LogP contribution in [0.5, 0.6) is 5.88 Å². The maximum atomic E-state index is 13.3. The van der Waals surface area contributed by atoms with Crippen LogP contribution in [-0.4, -0.2) is 40.9 Å². The molecule has 1 saturated carbocycles. The SMILES string of the molecule is O=C(N[C@@H]1CCCC[C@@H]1O)c1cc(Br)c(OCC(F)(F)F)nc1C(F)(F)F. The number of halogens is 7. The third-order valence-corrected chi connectivity index (χ3v) is 4.44. The molecule has 5 nitrogen and oxygen atoms in total. The first-order valence-corrected chi connectivity index (χ1v) is 8.64. The number of amides is 1. The van der Waals surface area contributed by atoms with E-state index in [9.17, 15) is 36.2 Å². The molecular weight excluding hydrogens is 450 g/mol. The van der Waals surface area contributed by atoms with E-state index in [1.54, 1.807) is 0 Å². The van der Waals surface area contributed by atoms with Crippen LogP contribution in [0.3, 0.4) is 0 Å². The number of aromatic nitrogens is 1.